The summed E-state index contributed by atoms with van der Waals surface area (Å²) in [6.07, 6.45) is 1.01. The number of rotatable bonds is 8. The van der Waals surface area contributed by atoms with Gasteiger partial charge in [0.05, 0.1) is 18.0 Å². The van der Waals surface area contributed by atoms with Crippen molar-refractivity contribution >= 4 is 28.8 Å². The van der Waals surface area contributed by atoms with Gasteiger partial charge in [-0.05, 0) is 47.2 Å². The summed E-state index contributed by atoms with van der Waals surface area (Å²) in [5.41, 5.74) is 7.39. The van der Waals surface area contributed by atoms with Crippen LogP contribution < -0.4 is 25.8 Å². The summed E-state index contributed by atoms with van der Waals surface area (Å²) in [5.74, 6) is -0.198. The summed E-state index contributed by atoms with van der Waals surface area (Å²) in [4.78, 5) is 3.89. The van der Waals surface area contributed by atoms with Gasteiger partial charge in [0.15, 0.2) is 0 Å². The molecule has 0 aliphatic rings. The molecule has 0 bridgehead atoms. The van der Waals surface area contributed by atoms with Crippen molar-refractivity contribution in [2.24, 2.45) is 0 Å². The molecule has 3 rings (SSSR count). The van der Waals surface area contributed by atoms with Crippen LogP contribution in [0.5, 0.6) is 5.75 Å². The van der Waals surface area contributed by atoms with E-state index < -0.39 is 5.82 Å². The summed E-state index contributed by atoms with van der Waals surface area (Å²) < 4.78 is 25.2. The highest BCUT2D eigenvalue weighted by Gasteiger charge is 2.20. The Bertz CT molecular complexity index is 937. The minimum atomic E-state index is -0.725. The maximum atomic E-state index is 14.2. The summed E-state index contributed by atoms with van der Waals surface area (Å²) in [5, 5.41) is 16.1. The fourth-order valence-electron chi connectivity index (χ4n) is 2.40. The first kappa shape index (κ1) is 19.2. The van der Waals surface area contributed by atoms with E-state index >= 15 is 0 Å². The van der Waals surface area contributed by atoms with Gasteiger partial charge in [0.2, 0.25) is 5.82 Å². The van der Waals surface area contributed by atoms with Crippen molar-refractivity contribution in [1.29, 1.82) is 0 Å². The number of ether oxygens (including phenoxy) is 2. The fraction of sp³-hybridized carbons (Fsp3) is 0.158. The lowest BCUT2D eigenvalue weighted by molar-refractivity contribution is -0.884. The van der Waals surface area contributed by atoms with Crippen molar-refractivity contribution in [1.82, 2.24) is 4.98 Å². The van der Waals surface area contributed by atoms with Gasteiger partial charge in [-0.2, -0.15) is 4.39 Å². The Kier molecular flexibility index (Phi) is 6.07. The number of nitrogen functional groups attached to an aromatic ring is 1. The SMILES string of the molecule is COCCOc1ccc(Nc2ncc(F)c(Nc3cccc(N)c3)[n+]2O)cc1. The predicted molar refractivity (Wildman–Crippen MR) is 103 cm³/mol. The number of hydrogen-bond acceptors (Lipinski definition) is 7. The molecule has 0 unspecified atom stereocenters. The molecular formula is C19H21FN5O3+. The number of nitrogens with one attached hydrogen (secondary N) is 2. The van der Waals surface area contributed by atoms with Gasteiger partial charge in [-0.25, -0.2) is 0 Å². The summed E-state index contributed by atoms with van der Waals surface area (Å²) in [6.45, 7) is 0.936. The molecule has 3 aromatic rings. The number of nitrogens with zero attached hydrogens (tertiary/aromatic N) is 2. The van der Waals surface area contributed by atoms with E-state index in [4.69, 9.17) is 15.2 Å². The van der Waals surface area contributed by atoms with Crippen LogP contribution in [-0.2, 0) is 4.74 Å². The minimum absolute atomic E-state index is 0.0286. The van der Waals surface area contributed by atoms with Gasteiger partial charge in [0.1, 0.15) is 18.6 Å². The van der Waals surface area contributed by atoms with Gasteiger partial charge >= 0.3 is 5.95 Å². The number of aromatic nitrogens is 2. The molecule has 0 fully saturated rings. The average molecular weight is 386 g/mol. The van der Waals surface area contributed by atoms with Crippen molar-refractivity contribution in [2.75, 3.05) is 36.7 Å². The lowest BCUT2D eigenvalue weighted by Gasteiger charge is -2.09. The van der Waals surface area contributed by atoms with Gasteiger partial charge in [-0.3, -0.25) is 10.6 Å². The van der Waals surface area contributed by atoms with Crippen molar-refractivity contribution in [3.63, 3.8) is 0 Å². The molecular weight excluding hydrogens is 365 g/mol. The molecule has 8 nitrogen and oxygen atoms in total. The summed E-state index contributed by atoms with van der Waals surface area (Å²) in [6, 6.07) is 13.8. The molecule has 0 saturated heterocycles. The minimum Gasteiger partial charge on any atom is -0.491 e. The van der Waals surface area contributed by atoms with Crippen LogP contribution in [0.2, 0.25) is 0 Å². The Balaban J connectivity index is 1.76. The van der Waals surface area contributed by atoms with E-state index in [1.54, 1.807) is 55.6 Å². The number of halogens is 1. The Morgan fingerprint density at radius 3 is 2.61 bits per heavy atom. The van der Waals surface area contributed by atoms with Crippen molar-refractivity contribution < 1.29 is 23.8 Å². The standard InChI is InChI=1S/C19H20FN5O3/c1-27-9-10-28-16-7-5-14(6-8-16)24-19-22-12-17(20)18(25(19)26)23-15-4-2-3-13(21)11-15/h2-8,11-12,26H,9-10,21H2,1H3,(H,22,23,24)/p+1. The summed E-state index contributed by atoms with van der Waals surface area (Å²) in [7, 11) is 1.60. The molecule has 2 aromatic carbocycles. The first-order valence-electron chi connectivity index (χ1n) is 8.48. The topological polar surface area (TPSA) is 106 Å². The lowest BCUT2D eigenvalue weighted by atomic mass is 10.3. The molecule has 0 aliphatic heterocycles. The first-order valence-corrected chi connectivity index (χ1v) is 8.48. The normalized spacial score (nSPS) is 10.5. The molecule has 0 aliphatic carbocycles. The van der Waals surface area contributed by atoms with Gasteiger partial charge in [0, 0.05) is 12.8 Å². The molecule has 0 amide bonds. The summed E-state index contributed by atoms with van der Waals surface area (Å²) >= 11 is 0. The largest absolute Gasteiger partial charge is 0.491 e. The lowest BCUT2D eigenvalue weighted by Crippen LogP contribution is -2.38. The van der Waals surface area contributed by atoms with Crippen LogP contribution in [0.15, 0.2) is 54.7 Å². The first-order chi connectivity index (χ1) is 13.6. The number of hydrogen-bond donors (Lipinski definition) is 4. The van der Waals surface area contributed by atoms with Crippen molar-refractivity contribution in [2.45, 2.75) is 0 Å². The van der Waals surface area contributed by atoms with Gasteiger partial charge in [-0.1, -0.05) is 6.07 Å². The van der Waals surface area contributed by atoms with Crippen LogP contribution in [-0.4, -0.2) is 30.5 Å². The molecule has 0 radical (unpaired) electrons. The van der Waals surface area contributed by atoms with Crippen LogP contribution in [0.1, 0.15) is 0 Å². The van der Waals surface area contributed by atoms with E-state index in [1.165, 1.54) is 0 Å². The number of anilines is 5. The Hall–Kier alpha value is -3.59. The smallest absolute Gasteiger partial charge is 0.388 e. The number of benzene rings is 2. The molecule has 9 heteroatoms. The number of nitrogens with two attached hydrogens (primary N) is 1. The van der Waals surface area contributed by atoms with E-state index in [0.717, 1.165) is 6.20 Å². The Morgan fingerprint density at radius 1 is 1.11 bits per heavy atom. The van der Waals surface area contributed by atoms with Crippen LogP contribution >= 0.6 is 0 Å². The zero-order chi connectivity index (χ0) is 19.9. The zero-order valence-electron chi connectivity index (χ0n) is 15.2. The third kappa shape index (κ3) is 4.77. The molecule has 1 aromatic heterocycles. The van der Waals surface area contributed by atoms with Gasteiger partial charge in [0.25, 0.3) is 5.82 Å². The highest BCUT2D eigenvalue weighted by atomic mass is 19.1. The molecule has 5 N–H and O–H groups in total. The van der Waals surface area contributed by atoms with E-state index in [2.05, 4.69) is 15.6 Å². The third-order valence-corrected chi connectivity index (χ3v) is 3.75. The highest BCUT2D eigenvalue weighted by molar-refractivity contribution is 5.60. The van der Waals surface area contributed by atoms with Crippen molar-refractivity contribution in [3.8, 4) is 5.75 Å². The zero-order valence-corrected chi connectivity index (χ0v) is 15.2. The second-order valence-electron chi connectivity index (χ2n) is 5.83. The fourth-order valence-corrected chi connectivity index (χ4v) is 2.40. The second kappa shape index (κ2) is 8.87. The molecule has 1 heterocycles. The quantitative estimate of drug-likeness (QED) is 0.204. The second-order valence-corrected chi connectivity index (χ2v) is 5.83. The van der Waals surface area contributed by atoms with Crippen LogP contribution in [0.4, 0.5) is 33.2 Å². The van der Waals surface area contributed by atoms with Crippen LogP contribution in [0, 0.1) is 5.82 Å². The van der Waals surface area contributed by atoms with E-state index in [9.17, 15) is 9.60 Å². The Labute approximate surface area is 161 Å². The van der Waals surface area contributed by atoms with Gasteiger partial charge < -0.3 is 20.4 Å². The maximum absolute atomic E-state index is 14.2. The molecule has 0 atom stereocenters. The van der Waals surface area contributed by atoms with E-state index in [1.807, 2.05) is 0 Å². The average Bonchev–Trinajstić information content (AvgIpc) is 2.69. The third-order valence-electron chi connectivity index (χ3n) is 3.75. The molecule has 0 spiro atoms. The molecule has 28 heavy (non-hydrogen) atoms. The Morgan fingerprint density at radius 2 is 1.89 bits per heavy atom. The highest BCUT2D eigenvalue weighted by Crippen LogP contribution is 2.21. The predicted octanol–water partition coefficient (Wildman–Crippen LogP) is 2.84. The van der Waals surface area contributed by atoms with Crippen molar-refractivity contribution in [3.05, 3.63) is 60.5 Å². The molecule has 146 valence electrons. The monoisotopic (exact) mass is 386 g/mol. The van der Waals surface area contributed by atoms with Crippen LogP contribution in [0.3, 0.4) is 0 Å². The number of methoxy groups -OCH3 is 1. The van der Waals surface area contributed by atoms with Crippen LogP contribution in [0.25, 0.3) is 0 Å². The molecule has 0 saturated carbocycles. The van der Waals surface area contributed by atoms with E-state index in [0.29, 0.717) is 40.8 Å². The maximum Gasteiger partial charge on any atom is 0.388 e. The van der Waals surface area contributed by atoms with E-state index in [-0.39, 0.29) is 11.8 Å². The van der Waals surface area contributed by atoms with Gasteiger partial charge in [-0.15, -0.1) is 4.98 Å².